The van der Waals surface area contributed by atoms with Crippen LogP contribution in [0.3, 0.4) is 0 Å². The van der Waals surface area contributed by atoms with Gasteiger partial charge in [-0.2, -0.15) is 0 Å². The van der Waals surface area contributed by atoms with E-state index in [-0.39, 0.29) is 0 Å². The number of hydrogen-bond donors (Lipinski definition) is 0. The molecule has 3 heterocycles. The maximum absolute atomic E-state index is 5.50. The molecule has 0 bridgehead atoms. The Hall–Kier alpha value is -2.60. The first kappa shape index (κ1) is 15.9. The first-order chi connectivity index (χ1) is 12.2. The van der Waals surface area contributed by atoms with E-state index in [1.165, 1.54) is 5.69 Å². The monoisotopic (exact) mass is 338 g/mol. The molecule has 6 heteroatoms. The number of aromatic nitrogens is 2. The summed E-state index contributed by atoms with van der Waals surface area (Å²) in [6.07, 6.45) is 1.63. The van der Waals surface area contributed by atoms with Crippen LogP contribution in [-0.2, 0) is 6.54 Å². The second-order valence-electron chi connectivity index (χ2n) is 6.39. The molecule has 3 aromatic rings. The summed E-state index contributed by atoms with van der Waals surface area (Å²) < 4.78 is 10.4. The number of nitrogens with zero attached hydrogens (tertiary/aromatic N) is 4. The van der Waals surface area contributed by atoms with Crippen LogP contribution in [-0.4, -0.2) is 48.3 Å². The minimum Gasteiger partial charge on any atom is -0.494 e. The van der Waals surface area contributed by atoms with Gasteiger partial charge in [0, 0.05) is 55.6 Å². The molecule has 1 aliphatic heterocycles. The van der Waals surface area contributed by atoms with Crippen LogP contribution in [0.2, 0.25) is 0 Å². The summed E-state index contributed by atoms with van der Waals surface area (Å²) in [4.78, 5) is 9.53. The zero-order valence-corrected chi connectivity index (χ0v) is 14.6. The van der Waals surface area contributed by atoms with Crippen molar-refractivity contribution >= 4 is 16.6 Å². The van der Waals surface area contributed by atoms with Gasteiger partial charge in [-0.1, -0.05) is 17.3 Å². The van der Waals surface area contributed by atoms with E-state index in [9.17, 15) is 0 Å². The Kier molecular flexibility index (Phi) is 4.28. The Labute approximate surface area is 147 Å². The fraction of sp³-hybridized carbons (Fsp3) is 0.368. The third kappa shape index (κ3) is 3.17. The molecule has 0 saturated carbocycles. The third-order valence-electron chi connectivity index (χ3n) is 4.72. The Bertz CT molecular complexity index is 855. The van der Waals surface area contributed by atoms with Crippen LogP contribution in [0.1, 0.15) is 11.4 Å². The van der Waals surface area contributed by atoms with Gasteiger partial charge in [0.05, 0.1) is 12.8 Å². The number of aryl methyl sites for hydroxylation is 1. The maximum Gasteiger partial charge on any atom is 0.145 e. The van der Waals surface area contributed by atoms with Crippen molar-refractivity contribution in [2.75, 3.05) is 38.2 Å². The Morgan fingerprint density at radius 2 is 2.00 bits per heavy atom. The number of fused-ring (bicyclic) bond motifs is 1. The molecule has 4 rings (SSSR count). The van der Waals surface area contributed by atoms with Gasteiger partial charge in [-0.05, 0) is 19.1 Å². The van der Waals surface area contributed by atoms with Gasteiger partial charge >= 0.3 is 0 Å². The molecule has 0 amide bonds. The molecule has 1 aliphatic rings. The molecule has 0 atom stereocenters. The van der Waals surface area contributed by atoms with Crippen molar-refractivity contribution in [1.82, 2.24) is 15.0 Å². The molecule has 0 aliphatic carbocycles. The van der Waals surface area contributed by atoms with Gasteiger partial charge in [0.15, 0.2) is 0 Å². The molecule has 130 valence electrons. The van der Waals surface area contributed by atoms with Gasteiger partial charge in [0.1, 0.15) is 17.5 Å². The average Bonchev–Trinajstić information content (AvgIpc) is 3.14. The van der Waals surface area contributed by atoms with Crippen molar-refractivity contribution in [3.63, 3.8) is 0 Å². The summed E-state index contributed by atoms with van der Waals surface area (Å²) >= 11 is 0. The normalized spacial score (nSPS) is 15.7. The minimum atomic E-state index is 0.826. The first-order valence-electron chi connectivity index (χ1n) is 8.55. The predicted molar refractivity (Wildman–Crippen MR) is 97.0 cm³/mol. The quantitative estimate of drug-likeness (QED) is 0.729. The van der Waals surface area contributed by atoms with E-state index in [2.05, 4.69) is 32.1 Å². The van der Waals surface area contributed by atoms with Gasteiger partial charge in [0.25, 0.3) is 0 Å². The van der Waals surface area contributed by atoms with Crippen LogP contribution in [0.25, 0.3) is 10.9 Å². The van der Waals surface area contributed by atoms with Crippen molar-refractivity contribution < 1.29 is 9.26 Å². The predicted octanol–water partition coefficient (Wildman–Crippen LogP) is 2.86. The summed E-state index contributed by atoms with van der Waals surface area (Å²) in [6, 6.07) is 10.2. The van der Waals surface area contributed by atoms with E-state index in [1.807, 2.05) is 25.1 Å². The number of pyridine rings is 1. The smallest absolute Gasteiger partial charge is 0.145 e. The fourth-order valence-corrected chi connectivity index (χ4v) is 3.45. The van der Waals surface area contributed by atoms with Crippen molar-refractivity contribution in [3.8, 4) is 5.75 Å². The molecule has 0 spiro atoms. The number of benzene rings is 1. The van der Waals surface area contributed by atoms with Crippen LogP contribution in [0.15, 0.2) is 41.1 Å². The molecule has 25 heavy (non-hydrogen) atoms. The zero-order valence-electron chi connectivity index (χ0n) is 14.6. The number of piperazine rings is 1. The van der Waals surface area contributed by atoms with Gasteiger partial charge in [-0.3, -0.25) is 4.90 Å². The second-order valence-corrected chi connectivity index (χ2v) is 6.39. The highest BCUT2D eigenvalue weighted by Gasteiger charge is 2.20. The Morgan fingerprint density at radius 3 is 2.72 bits per heavy atom. The van der Waals surface area contributed by atoms with Gasteiger partial charge < -0.3 is 14.2 Å². The highest BCUT2D eigenvalue weighted by atomic mass is 16.5. The van der Waals surface area contributed by atoms with Crippen LogP contribution in [0.5, 0.6) is 5.75 Å². The molecular weight excluding hydrogens is 316 g/mol. The van der Waals surface area contributed by atoms with Crippen molar-refractivity contribution in [1.29, 1.82) is 0 Å². The second kappa shape index (κ2) is 6.72. The number of methoxy groups -OCH3 is 1. The summed E-state index contributed by atoms with van der Waals surface area (Å²) in [5.74, 6) is 0.826. The topological polar surface area (TPSA) is 54.6 Å². The largest absolute Gasteiger partial charge is 0.494 e. The van der Waals surface area contributed by atoms with Crippen molar-refractivity contribution in [3.05, 3.63) is 48.0 Å². The van der Waals surface area contributed by atoms with E-state index in [0.29, 0.717) is 0 Å². The highest BCUT2D eigenvalue weighted by Crippen LogP contribution is 2.32. The molecule has 0 unspecified atom stereocenters. The lowest BCUT2D eigenvalue weighted by Gasteiger charge is -2.36. The SMILES string of the molecule is COc1cccc2c(N3CCN(Cc4ccon4)CC3)cc(C)nc12. The van der Waals surface area contributed by atoms with Gasteiger partial charge in [-0.15, -0.1) is 0 Å². The number of ether oxygens (including phenoxy) is 1. The Morgan fingerprint density at radius 1 is 1.16 bits per heavy atom. The highest BCUT2D eigenvalue weighted by molar-refractivity contribution is 5.95. The molecule has 2 aromatic heterocycles. The lowest BCUT2D eigenvalue weighted by molar-refractivity contribution is 0.242. The standard InChI is InChI=1S/C19H22N4O2/c1-14-12-17(16-4-3-5-18(24-2)19(16)20-14)23-9-7-22(8-10-23)13-15-6-11-25-21-15/h3-6,11-12H,7-10,13H2,1-2H3. The molecular formula is C19H22N4O2. The maximum atomic E-state index is 5.50. The summed E-state index contributed by atoms with van der Waals surface area (Å²) in [7, 11) is 1.70. The minimum absolute atomic E-state index is 0.826. The molecule has 1 fully saturated rings. The van der Waals surface area contributed by atoms with Gasteiger partial charge in [-0.25, -0.2) is 4.98 Å². The van der Waals surface area contributed by atoms with E-state index in [4.69, 9.17) is 9.26 Å². The molecule has 1 aromatic carbocycles. The van der Waals surface area contributed by atoms with Crippen molar-refractivity contribution in [2.24, 2.45) is 0 Å². The number of hydrogen-bond acceptors (Lipinski definition) is 6. The summed E-state index contributed by atoms with van der Waals surface area (Å²) in [5, 5.41) is 5.15. The lowest BCUT2D eigenvalue weighted by Crippen LogP contribution is -2.46. The fourth-order valence-electron chi connectivity index (χ4n) is 3.45. The summed E-state index contributed by atoms with van der Waals surface area (Å²) in [6.45, 7) is 6.84. The number of para-hydroxylation sites is 1. The van der Waals surface area contributed by atoms with Crippen LogP contribution < -0.4 is 9.64 Å². The molecule has 0 N–H and O–H groups in total. The van der Waals surface area contributed by atoms with E-state index in [0.717, 1.165) is 60.8 Å². The number of anilines is 1. The average molecular weight is 338 g/mol. The molecule has 1 saturated heterocycles. The Balaban J connectivity index is 1.56. The summed E-state index contributed by atoms with van der Waals surface area (Å²) in [5.41, 5.74) is 4.17. The van der Waals surface area contributed by atoms with Gasteiger partial charge in [0.2, 0.25) is 0 Å². The third-order valence-corrected chi connectivity index (χ3v) is 4.72. The van der Waals surface area contributed by atoms with Crippen LogP contribution in [0, 0.1) is 6.92 Å². The molecule has 6 nitrogen and oxygen atoms in total. The molecule has 0 radical (unpaired) electrons. The van der Waals surface area contributed by atoms with Crippen LogP contribution in [0.4, 0.5) is 5.69 Å². The van der Waals surface area contributed by atoms with E-state index >= 15 is 0 Å². The van der Waals surface area contributed by atoms with E-state index < -0.39 is 0 Å². The first-order valence-corrected chi connectivity index (χ1v) is 8.55. The number of rotatable bonds is 4. The van der Waals surface area contributed by atoms with E-state index in [1.54, 1.807) is 13.4 Å². The van der Waals surface area contributed by atoms with Crippen molar-refractivity contribution in [2.45, 2.75) is 13.5 Å². The lowest BCUT2D eigenvalue weighted by atomic mass is 10.1. The van der Waals surface area contributed by atoms with Crippen LogP contribution >= 0.6 is 0 Å². The zero-order chi connectivity index (χ0) is 17.2.